The number of hydrogen-bond acceptors (Lipinski definition) is 3. The van der Waals surface area contributed by atoms with Gasteiger partial charge in [0.2, 0.25) is 0 Å². The molecule has 3 nitrogen and oxygen atoms in total. The van der Waals surface area contributed by atoms with Gasteiger partial charge in [-0.15, -0.1) is 0 Å². The first kappa shape index (κ1) is 14.9. The lowest BCUT2D eigenvalue weighted by atomic mass is 9.97. The molecule has 0 radical (unpaired) electrons. The number of hydrogen-bond donors (Lipinski definition) is 2. The molecule has 17 heavy (non-hydrogen) atoms. The molecule has 1 rings (SSSR count). The largest absolute Gasteiger partial charge is 0.386 e. The third-order valence-corrected chi connectivity index (χ3v) is 3.80. The highest BCUT2D eigenvalue weighted by molar-refractivity contribution is 4.91. The van der Waals surface area contributed by atoms with E-state index < -0.39 is 5.60 Å². The maximum absolute atomic E-state index is 10.2. The first-order valence-electron chi connectivity index (χ1n) is 7.24. The minimum Gasteiger partial charge on any atom is -0.386 e. The van der Waals surface area contributed by atoms with E-state index in [1.807, 2.05) is 6.92 Å². The van der Waals surface area contributed by atoms with Crippen molar-refractivity contribution in [1.82, 2.24) is 5.32 Å². The van der Waals surface area contributed by atoms with Gasteiger partial charge in [-0.25, -0.2) is 0 Å². The van der Waals surface area contributed by atoms with Crippen LogP contribution in [0.15, 0.2) is 0 Å². The van der Waals surface area contributed by atoms with Gasteiger partial charge >= 0.3 is 0 Å². The van der Waals surface area contributed by atoms with Crippen LogP contribution in [0.25, 0.3) is 0 Å². The minimum absolute atomic E-state index is 0.0282. The zero-order valence-corrected chi connectivity index (χ0v) is 11.5. The van der Waals surface area contributed by atoms with Crippen molar-refractivity contribution in [3.8, 4) is 0 Å². The van der Waals surface area contributed by atoms with Crippen LogP contribution in [-0.4, -0.2) is 36.5 Å². The Bertz CT molecular complexity index is 199. The Morgan fingerprint density at radius 1 is 1.24 bits per heavy atom. The molecule has 1 saturated heterocycles. The Balaban J connectivity index is 1.93. The normalized spacial score (nSPS) is 28.8. The van der Waals surface area contributed by atoms with Crippen LogP contribution >= 0.6 is 0 Å². The van der Waals surface area contributed by atoms with Crippen LogP contribution in [0.1, 0.15) is 58.8 Å². The predicted octanol–water partition coefficient (Wildman–Crippen LogP) is 2.48. The molecule has 0 bridgehead atoms. The van der Waals surface area contributed by atoms with Crippen molar-refractivity contribution >= 4 is 0 Å². The van der Waals surface area contributed by atoms with Gasteiger partial charge in [0.05, 0.1) is 6.10 Å². The van der Waals surface area contributed by atoms with Crippen LogP contribution in [0.5, 0.6) is 0 Å². The molecule has 0 aromatic heterocycles. The van der Waals surface area contributed by atoms with Gasteiger partial charge in [-0.3, -0.25) is 0 Å². The number of ether oxygens (including phenoxy) is 1. The highest BCUT2D eigenvalue weighted by Gasteiger charge is 2.38. The Morgan fingerprint density at radius 3 is 2.59 bits per heavy atom. The van der Waals surface area contributed by atoms with Crippen LogP contribution in [0.2, 0.25) is 0 Å². The third kappa shape index (κ3) is 5.36. The smallest absolute Gasteiger partial charge is 0.105 e. The zero-order chi connectivity index (χ0) is 12.6. The standard InChI is InChI=1S/C14H29NO2/c1-3-4-5-6-7-8-10-15-12-14(16)9-11-17-13(14)2/h13,15-16H,3-12H2,1-2H3. The van der Waals surface area contributed by atoms with E-state index in [-0.39, 0.29) is 6.10 Å². The average molecular weight is 243 g/mol. The maximum Gasteiger partial charge on any atom is 0.105 e. The minimum atomic E-state index is -0.637. The molecule has 0 aromatic rings. The molecule has 0 aliphatic carbocycles. The van der Waals surface area contributed by atoms with E-state index in [2.05, 4.69) is 12.2 Å². The van der Waals surface area contributed by atoms with Crippen molar-refractivity contribution in [2.24, 2.45) is 0 Å². The Kier molecular flexibility index (Phi) is 7.09. The summed E-state index contributed by atoms with van der Waals surface area (Å²) in [4.78, 5) is 0. The highest BCUT2D eigenvalue weighted by Crippen LogP contribution is 2.24. The molecule has 0 aromatic carbocycles. The fourth-order valence-electron chi connectivity index (χ4n) is 2.34. The van der Waals surface area contributed by atoms with Crippen LogP contribution in [0.4, 0.5) is 0 Å². The van der Waals surface area contributed by atoms with Crippen molar-refractivity contribution in [3.63, 3.8) is 0 Å². The monoisotopic (exact) mass is 243 g/mol. The summed E-state index contributed by atoms with van der Waals surface area (Å²) in [6, 6.07) is 0. The van der Waals surface area contributed by atoms with Crippen molar-refractivity contribution in [1.29, 1.82) is 0 Å². The Morgan fingerprint density at radius 2 is 1.94 bits per heavy atom. The number of nitrogens with one attached hydrogen (secondary N) is 1. The van der Waals surface area contributed by atoms with Crippen LogP contribution in [0, 0.1) is 0 Å². The van der Waals surface area contributed by atoms with Crippen LogP contribution < -0.4 is 5.32 Å². The van der Waals surface area contributed by atoms with E-state index in [0.717, 1.165) is 13.0 Å². The van der Waals surface area contributed by atoms with Crippen molar-refractivity contribution in [2.45, 2.75) is 70.5 Å². The van der Waals surface area contributed by atoms with Gasteiger partial charge < -0.3 is 15.2 Å². The second-order valence-corrected chi connectivity index (χ2v) is 5.31. The SMILES string of the molecule is CCCCCCCCNCC1(O)CCOC1C. The molecule has 2 N–H and O–H groups in total. The maximum atomic E-state index is 10.2. The fourth-order valence-corrected chi connectivity index (χ4v) is 2.34. The number of aliphatic hydroxyl groups is 1. The zero-order valence-electron chi connectivity index (χ0n) is 11.5. The third-order valence-electron chi connectivity index (χ3n) is 3.80. The van der Waals surface area contributed by atoms with Gasteiger partial charge in [0.1, 0.15) is 5.60 Å². The summed E-state index contributed by atoms with van der Waals surface area (Å²) in [5.41, 5.74) is -0.637. The second-order valence-electron chi connectivity index (χ2n) is 5.31. The molecule has 102 valence electrons. The quantitative estimate of drug-likeness (QED) is 0.611. The summed E-state index contributed by atoms with van der Waals surface area (Å²) in [7, 11) is 0. The lowest BCUT2D eigenvalue weighted by molar-refractivity contribution is -0.0260. The summed E-state index contributed by atoms with van der Waals surface area (Å²) in [6.07, 6.45) is 8.64. The van der Waals surface area contributed by atoms with Gasteiger partial charge in [-0.1, -0.05) is 39.0 Å². The van der Waals surface area contributed by atoms with E-state index in [1.54, 1.807) is 0 Å². The second kappa shape index (κ2) is 8.06. The first-order valence-corrected chi connectivity index (χ1v) is 7.24. The lowest BCUT2D eigenvalue weighted by Crippen LogP contribution is -2.46. The number of rotatable bonds is 9. The Hall–Kier alpha value is -0.120. The lowest BCUT2D eigenvalue weighted by Gasteiger charge is -2.26. The molecule has 1 heterocycles. The van der Waals surface area contributed by atoms with E-state index in [0.29, 0.717) is 13.2 Å². The van der Waals surface area contributed by atoms with Gasteiger partial charge in [0.25, 0.3) is 0 Å². The molecule has 1 aliphatic heterocycles. The predicted molar refractivity (Wildman–Crippen MR) is 71.2 cm³/mol. The number of unbranched alkanes of at least 4 members (excludes halogenated alkanes) is 5. The summed E-state index contributed by atoms with van der Waals surface area (Å²) in [6.45, 7) is 6.58. The van der Waals surface area contributed by atoms with Crippen molar-refractivity contribution in [3.05, 3.63) is 0 Å². The van der Waals surface area contributed by atoms with Gasteiger partial charge in [-0.2, -0.15) is 0 Å². The average Bonchev–Trinajstić information content (AvgIpc) is 2.63. The van der Waals surface area contributed by atoms with E-state index in [1.165, 1.54) is 38.5 Å². The molecule has 2 unspecified atom stereocenters. The summed E-state index contributed by atoms with van der Waals surface area (Å²) in [5.74, 6) is 0. The molecular formula is C14H29NO2. The molecule has 0 amide bonds. The molecule has 3 heteroatoms. The summed E-state index contributed by atoms with van der Waals surface area (Å²) in [5, 5.41) is 13.6. The van der Waals surface area contributed by atoms with E-state index >= 15 is 0 Å². The first-order chi connectivity index (χ1) is 8.19. The summed E-state index contributed by atoms with van der Waals surface area (Å²) >= 11 is 0. The molecule has 1 fully saturated rings. The van der Waals surface area contributed by atoms with Gasteiger partial charge in [0.15, 0.2) is 0 Å². The molecule has 0 spiro atoms. The van der Waals surface area contributed by atoms with Crippen molar-refractivity contribution in [2.75, 3.05) is 19.7 Å². The molecule has 1 aliphatic rings. The molecular weight excluding hydrogens is 214 g/mol. The topological polar surface area (TPSA) is 41.5 Å². The molecule has 0 saturated carbocycles. The van der Waals surface area contributed by atoms with Gasteiger partial charge in [-0.05, 0) is 19.9 Å². The van der Waals surface area contributed by atoms with E-state index in [9.17, 15) is 5.11 Å². The summed E-state index contributed by atoms with van der Waals surface area (Å²) < 4.78 is 5.40. The Labute approximate surface area is 106 Å². The molecule has 2 atom stereocenters. The van der Waals surface area contributed by atoms with Crippen molar-refractivity contribution < 1.29 is 9.84 Å². The fraction of sp³-hybridized carbons (Fsp3) is 1.00. The van der Waals surface area contributed by atoms with E-state index in [4.69, 9.17) is 4.74 Å². The van der Waals surface area contributed by atoms with Crippen LogP contribution in [-0.2, 0) is 4.74 Å². The highest BCUT2D eigenvalue weighted by atomic mass is 16.5. The van der Waals surface area contributed by atoms with Crippen LogP contribution in [0.3, 0.4) is 0 Å². The van der Waals surface area contributed by atoms with Gasteiger partial charge in [0, 0.05) is 19.6 Å².